The molecule has 0 atom stereocenters. The van der Waals surface area contributed by atoms with Gasteiger partial charge in [-0.3, -0.25) is 4.79 Å². The number of allylic oxidation sites excluding steroid dienone is 2. The highest BCUT2D eigenvalue weighted by molar-refractivity contribution is 7.98. The monoisotopic (exact) mass is 361 g/mol. The number of hydrogen-bond donors (Lipinski definition) is 1. The number of nitrogens with zero attached hydrogens (tertiary/aromatic N) is 2. The zero-order valence-electron chi connectivity index (χ0n) is 15.5. The van der Waals surface area contributed by atoms with E-state index < -0.39 is 0 Å². The minimum absolute atomic E-state index is 0.0232. The molecule has 25 heavy (non-hydrogen) atoms. The van der Waals surface area contributed by atoms with Crippen LogP contribution >= 0.6 is 11.8 Å². The highest BCUT2D eigenvalue weighted by Crippen LogP contribution is 2.17. The number of aryl methyl sites for hydroxylation is 2. The van der Waals surface area contributed by atoms with Gasteiger partial charge >= 0.3 is 0 Å². The van der Waals surface area contributed by atoms with E-state index in [1.165, 1.54) is 0 Å². The molecule has 0 spiro atoms. The van der Waals surface area contributed by atoms with Crippen LogP contribution in [0.5, 0.6) is 0 Å². The average Bonchev–Trinajstić information content (AvgIpc) is 2.97. The molecule has 0 bridgehead atoms. The van der Waals surface area contributed by atoms with Crippen LogP contribution in [0.15, 0.2) is 33.5 Å². The number of aromatic nitrogens is 2. The first kappa shape index (κ1) is 19.5. The van der Waals surface area contributed by atoms with Gasteiger partial charge in [-0.2, -0.15) is 11.8 Å². The Morgan fingerprint density at radius 1 is 1.32 bits per heavy atom. The fourth-order valence-electron chi connectivity index (χ4n) is 2.50. The molecule has 2 heterocycles. The van der Waals surface area contributed by atoms with E-state index in [1.54, 1.807) is 11.8 Å². The van der Waals surface area contributed by atoms with Crippen molar-refractivity contribution in [1.82, 2.24) is 14.9 Å². The summed E-state index contributed by atoms with van der Waals surface area (Å²) in [5.74, 6) is 4.45. The number of furan rings is 1. The zero-order chi connectivity index (χ0) is 18.2. The van der Waals surface area contributed by atoms with E-state index in [1.807, 2.05) is 52.2 Å². The fraction of sp³-hybridized carbons (Fsp3) is 0.474. The molecule has 2 rings (SSSR count). The quantitative estimate of drug-likeness (QED) is 0.548. The molecule has 0 fully saturated rings. The summed E-state index contributed by atoms with van der Waals surface area (Å²) >= 11 is 1.78. The van der Waals surface area contributed by atoms with Gasteiger partial charge in [-0.1, -0.05) is 12.2 Å². The molecule has 0 aliphatic heterocycles. The molecule has 0 unspecified atom stereocenters. The highest BCUT2D eigenvalue weighted by atomic mass is 32.2. The van der Waals surface area contributed by atoms with Crippen LogP contribution < -0.4 is 5.56 Å². The van der Waals surface area contributed by atoms with E-state index in [9.17, 15) is 4.79 Å². The van der Waals surface area contributed by atoms with Gasteiger partial charge in [0.25, 0.3) is 5.56 Å². The van der Waals surface area contributed by atoms with Crippen LogP contribution in [0.3, 0.4) is 0 Å². The molecule has 5 nitrogen and oxygen atoms in total. The maximum Gasteiger partial charge on any atom is 0.254 e. The van der Waals surface area contributed by atoms with Gasteiger partial charge in [-0.25, -0.2) is 4.98 Å². The van der Waals surface area contributed by atoms with E-state index in [0.29, 0.717) is 6.42 Å². The summed E-state index contributed by atoms with van der Waals surface area (Å²) in [5, 5.41) is 0. The van der Waals surface area contributed by atoms with Gasteiger partial charge in [0.2, 0.25) is 0 Å². The van der Waals surface area contributed by atoms with Crippen molar-refractivity contribution >= 4 is 11.8 Å². The van der Waals surface area contributed by atoms with E-state index in [4.69, 9.17) is 4.42 Å². The first-order valence-corrected chi connectivity index (χ1v) is 9.65. The Morgan fingerprint density at radius 3 is 2.76 bits per heavy atom. The fourth-order valence-corrected chi connectivity index (χ4v) is 3.34. The number of H-pyrrole nitrogens is 1. The Labute approximate surface area is 153 Å². The second-order valence-electron chi connectivity index (χ2n) is 6.26. The topological polar surface area (TPSA) is 62.1 Å². The van der Waals surface area contributed by atoms with E-state index in [-0.39, 0.29) is 5.56 Å². The molecular weight excluding hydrogens is 334 g/mol. The summed E-state index contributed by atoms with van der Waals surface area (Å²) in [5.41, 5.74) is 1.55. The van der Waals surface area contributed by atoms with Crippen molar-refractivity contribution in [3.8, 4) is 0 Å². The molecule has 0 aliphatic rings. The first-order chi connectivity index (χ1) is 12.0. The van der Waals surface area contributed by atoms with Gasteiger partial charge < -0.3 is 14.3 Å². The molecule has 6 heteroatoms. The number of rotatable bonds is 9. The first-order valence-electron chi connectivity index (χ1n) is 8.49. The van der Waals surface area contributed by atoms with E-state index in [0.717, 1.165) is 53.1 Å². The molecule has 0 amide bonds. The van der Waals surface area contributed by atoms with Crippen LogP contribution in [-0.2, 0) is 25.1 Å². The lowest BCUT2D eigenvalue weighted by atomic mass is 10.1. The van der Waals surface area contributed by atoms with Crippen LogP contribution in [0.4, 0.5) is 0 Å². The minimum Gasteiger partial charge on any atom is -0.464 e. The average molecular weight is 362 g/mol. The van der Waals surface area contributed by atoms with Crippen LogP contribution in [0.25, 0.3) is 0 Å². The third kappa shape index (κ3) is 6.21. The molecular formula is C19H27N3O2S. The van der Waals surface area contributed by atoms with Crippen molar-refractivity contribution in [2.45, 2.75) is 39.0 Å². The van der Waals surface area contributed by atoms with Crippen LogP contribution in [0, 0.1) is 6.92 Å². The van der Waals surface area contributed by atoms with Crippen molar-refractivity contribution < 1.29 is 4.42 Å². The Bertz CT molecular complexity index is 762. The number of nitrogens with one attached hydrogen (secondary N) is 1. The largest absolute Gasteiger partial charge is 0.464 e. The maximum absolute atomic E-state index is 12.2. The summed E-state index contributed by atoms with van der Waals surface area (Å²) < 4.78 is 5.80. The molecule has 0 aromatic carbocycles. The Balaban J connectivity index is 1.83. The summed E-state index contributed by atoms with van der Waals surface area (Å²) in [7, 11) is 4.05. The molecule has 0 saturated carbocycles. The zero-order valence-corrected chi connectivity index (χ0v) is 16.3. The summed E-state index contributed by atoms with van der Waals surface area (Å²) in [4.78, 5) is 21.7. The number of aromatic amines is 1. The molecule has 1 N–H and O–H groups in total. The standard InChI is InChI=1S/C19H27N3O2S/c1-5-6-7-17-14(2)20-18(21-19(17)23)10-11-25-13-16-9-8-15(24-16)12-22(3)4/h5-6,8-9H,7,10-13H2,1-4H3,(H,20,21,23)/b6-5+. The summed E-state index contributed by atoms with van der Waals surface area (Å²) in [6.07, 6.45) is 5.30. The van der Waals surface area contributed by atoms with Crippen molar-refractivity contribution in [3.05, 3.63) is 63.2 Å². The molecule has 0 radical (unpaired) electrons. The third-order valence-electron chi connectivity index (χ3n) is 3.75. The minimum atomic E-state index is -0.0232. The molecule has 2 aromatic rings. The van der Waals surface area contributed by atoms with Crippen molar-refractivity contribution in [3.63, 3.8) is 0 Å². The molecule has 2 aromatic heterocycles. The Hall–Kier alpha value is -1.79. The lowest BCUT2D eigenvalue weighted by Crippen LogP contribution is -2.19. The van der Waals surface area contributed by atoms with Crippen LogP contribution in [0.1, 0.15) is 35.5 Å². The van der Waals surface area contributed by atoms with Gasteiger partial charge in [0.15, 0.2) is 0 Å². The van der Waals surface area contributed by atoms with Gasteiger partial charge in [-0.05, 0) is 46.5 Å². The Kier molecular flexibility index (Phi) is 7.52. The predicted octanol–water partition coefficient (Wildman–Crippen LogP) is 3.33. The second kappa shape index (κ2) is 9.63. The van der Waals surface area contributed by atoms with Gasteiger partial charge in [0, 0.05) is 23.4 Å². The normalized spacial score (nSPS) is 11.7. The van der Waals surface area contributed by atoms with E-state index >= 15 is 0 Å². The van der Waals surface area contributed by atoms with Gasteiger partial charge in [0.05, 0.1) is 12.3 Å². The van der Waals surface area contributed by atoms with Gasteiger partial charge in [-0.15, -0.1) is 0 Å². The third-order valence-corrected chi connectivity index (χ3v) is 4.73. The molecule has 0 aliphatic carbocycles. The van der Waals surface area contributed by atoms with Crippen molar-refractivity contribution in [2.75, 3.05) is 19.8 Å². The lowest BCUT2D eigenvalue weighted by molar-refractivity contribution is 0.344. The number of thioether (sulfide) groups is 1. The summed E-state index contributed by atoms with van der Waals surface area (Å²) in [6, 6.07) is 4.06. The summed E-state index contributed by atoms with van der Waals surface area (Å²) in [6.45, 7) is 4.67. The lowest BCUT2D eigenvalue weighted by Gasteiger charge is -2.06. The van der Waals surface area contributed by atoms with Crippen LogP contribution in [0.2, 0.25) is 0 Å². The SMILES string of the molecule is C/C=C/Cc1c(C)nc(CCSCc2ccc(CN(C)C)o2)[nH]c1=O. The predicted molar refractivity (Wildman–Crippen MR) is 104 cm³/mol. The Morgan fingerprint density at radius 2 is 2.08 bits per heavy atom. The molecule has 0 saturated heterocycles. The van der Waals surface area contributed by atoms with Crippen molar-refractivity contribution in [2.24, 2.45) is 0 Å². The van der Waals surface area contributed by atoms with Crippen molar-refractivity contribution in [1.29, 1.82) is 0 Å². The number of hydrogen-bond acceptors (Lipinski definition) is 5. The molecule has 136 valence electrons. The highest BCUT2D eigenvalue weighted by Gasteiger charge is 2.08. The van der Waals surface area contributed by atoms with E-state index in [2.05, 4.69) is 14.9 Å². The maximum atomic E-state index is 12.2. The van der Waals surface area contributed by atoms with Gasteiger partial charge in [0.1, 0.15) is 17.3 Å². The smallest absolute Gasteiger partial charge is 0.254 e. The second-order valence-corrected chi connectivity index (χ2v) is 7.36. The van der Waals surface area contributed by atoms with Crippen LogP contribution in [-0.4, -0.2) is 34.7 Å².